The van der Waals surface area contributed by atoms with Crippen LogP contribution in [0.4, 0.5) is 0 Å². The second kappa shape index (κ2) is 16.5. The minimum Gasteiger partial charge on any atom is -0.508 e. The molecule has 3 aliphatic rings. The summed E-state index contributed by atoms with van der Waals surface area (Å²) >= 11 is 5.10. The number of piperidine rings is 2. The summed E-state index contributed by atoms with van der Waals surface area (Å²) in [6, 6.07) is 25.0. The first-order valence-corrected chi connectivity index (χ1v) is 20.4. The van der Waals surface area contributed by atoms with E-state index in [1.807, 2.05) is 42.5 Å². The summed E-state index contributed by atoms with van der Waals surface area (Å²) in [5.41, 5.74) is 1.50. The molecule has 2 saturated heterocycles. The van der Waals surface area contributed by atoms with Crippen molar-refractivity contribution in [3.8, 4) is 39.2 Å². The molecule has 4 heterocycles. The number of carbonyl (C=O) groups is 4. The van der Waals surface area contributed by atoms with Crippen LogP contribution in [0.2, 0.25) is 0 Å². The standard InChI is InChI=1S/C43H40BrN3O8S/c44-28-5-3-27(4-6-28)40-39(34-13-7-29(48)24-37(34)56-40)55-31-10-8-30(9-11-31)54-23-21-46-19-17-26(18-20-46)2-1-22-53-32-12-14-33-35(25-32)43(52)47(42(33)51)36-15-16-38(49)45-41(36)50/h3-14,24-26,36,48H,1-2,15-23H2,(H,45,49,50). The number of imide groups is 2. The molecule has 1 atom stereocenters. The van der Waals surface area contributed by atoms with Crippen LogP contribution in [0.25, 0.3) is 20.5 Å². The number of benzene rings is 4. The molecule has 0 radical (unpaired) electrons. The molecule has 8 rings (SSSR count). The van der Waals surface area contributed by atoms with Crippen LogP contribution in [0.1, 0.15) is 59.2 Å². The second-order valence-electron chi connectivity index (χ2n) is 14.3. The molecule has 1 aromatic heterocycles. The van der Waals surface area contributed by atoms with Crippen molar-refractivity contribution in [3.05, 3.63) is 101 Å². The van der Waals surface area contributed by atoms with Crippen molar-refractivity contribution in [2.24, 2.45) is 5.92 Å². The molecular formula is C43H40BrN3O8S. The zero-order valence-electron chi connectivity index (χ0n) is 30.5. The van der Waals surface area contributed by atoms with Gasteiger partial charge in [-0.1, -0.05) is 28.1 Å². The van der Waals surface area contributed by atoms with E-state index in [0.29, 0.717) is 30.6 Å². The maximum atomic E-state index is 13.1. The first-order chi connectivity index (χ1) is 27.2. The van der Waals surface area contributed by atoms with E-state index in [0.717, 1.165) is 86.7 Å². The van der Waals surface area contributed by atoms with Gasteiger partial charge >= 0.3 is 0 Å². The van der Waals surface area contributed by atoms with Gasteiger partial charge in [0.1, 0.15) is 35.6 Å². The third-order valence-corrected chi connectivity index (χ3v) is 12.3. The van der Waals surface area contributed by atoms with Gasteiger partial charge < -0.3 is 19.3 Å². The number of hydrogen-bond donors (Lipinski definition) is 2. The largest absolute Gasteiger partial charge is 0.508 e. The van der Waals surface area contributed by atoms with Crippen molar-refractivity contribution in [2.45, 2.75) is 44.6 Å². The van der Waals surface area contributed by atoms with E-state index in [2.05, 4.69) is 38.3 Å². The monoisotopic (exact) mass is 837 g/mol. The van der Waals surface area contributed by atoms with E-state index in [1.165, 1.54) is 0 Å². The van der Waals surface area contributed by atoms with Crippen molar-refractivity contribution >= 4 is 61.0 Å². The maximum Gasteiger partial charge on any atom is 0.262 e. The van der Waals surface area contributed by atoms with Crippen molar-refractivity contribution in [1.82, 2.24) is 15.1 Å². The number of thiophene rings is 1. The van der Waals surface area contributed by atoms with Crippen LogP contribution < -0.4 is 19.5 Å². The molecule has 11 nitrogen and oxygen atoms in total. The summed E-state index contributed by atoms with van der Waals surface area (Å²) in [6.07, 6.45) is 4.33. The molecular weight excluding hydrogens is 798 g/mol. The summed E-state index contributed by atoms with van der Waals surface area (Å²) in [5.74, 6) is 1.50. The molecule has 0 saturated carbocycles. The average molecular weight is 839 g/mol. The van der Waals surface area contributed by atoms with E-state index >= 15 is 0 Å². The van der Waals surface area contributed by atoms with Crippen LogP contribution in [-0.2, 0) is 9.59 Å². The Bertz CT molecular complexity index is 2290. The number of phenols is 1. The summed E-state index contributed by atoms with van der Waals surface area (Å²) < 4.78 is 20.5. The van der Waals surface area contributed by atoms with Gasteiger partial charge in [-0.05, 0) is 129 Å². The lowest BCUT2D eigenvalue weighted by molar-refractivity contribution is -0.136. The fourth-order valence-corrected chi connectivity index (χ4v) is 9.00. The topological polar surface area (TPSA) is 135 Å². The lowest BCUT2D eigenvalue weighted by Crippen LogP contribution is -2.54. The van der Waals surface area contributed by atoms with E-state index in [9.17, 15) is 24.3 Å². The zero-order chi connectivity index (χ0) is 38.8. The van der Waals surface area contributed by atoms with Gasteiger partial charge in [0.25, 0.3) is 11.8 Å². The summed E-state index contributed by atoms with van der Waals surface area (Å²) in [7, 11) is 0. The Kier molecular flexibility index (Phi) is 11.1. The minimum absolute atomic E-state index is 0.0815. The highest BCUT2D eigenvalue weighted by Gasteiger charge is 2.44. The van der Waals surface area contributed by atoms with Crippen LogP contribution in [-0.4, -0.2) is 77.4 Å². The molecule has 4 aromatic carbocycles. The van der Waals surface area contributed by atoms with Crippen molar-refractivity contribution in [1.29, 1.82) is 0 Å². The Morgan fingerprint density at radius 3 is 2.27 bits per heavy atom. The Balaban J connectivity index is 0.758. The molecule has 2 N–H and O–H groups in total. The van der Waals surface area contributed by atoms with Crippen molar-refractivity contribution in [3.63, 3.8) is 0 Å². The van der Waals surface area contributed by atoms with Gasteiger partial charge in [-0.15, -0.1) is 11.3 Å². The van der Waals surface area contributed by atoms with Crippen LogP contribution in [0.3, 0.4) is 0 Å². The molecule has 5 aromatic rings. The van der Waals surface area contributed by atoms with Gasteiger partial charge in [0.2, 0.25) is 11.8 Å². The van der Waals surface area contributed by atoms with Crippen LogP contribution in [0, 0.1) is 5.92 Å². The molecule has 0 bridgehead atoms. The van der Waals surface area contributed by atoms with E-state index in [-0.39, 0.29) is 29.7 Å². The average Bonchev–Trinajstić information content (AvgIpc) is 3.67. The third-order valence-electron chi connectivity index (χ3n) is 10.6. The van der Waals surface area contributed by atoms with E-state index < -0.39 is 29.7 Å². The molecule has 288 valence electrons. The highest BCUT2D eigenvalue weighted by atomic mass is 79.9. The number of hydrogen-bond acceptors (Lipinski definition) is 10. The van der Waals surface area contributed by atoms with E-state index in [1.54, 1.807) is 41.7 Å². The third kappa shape index (κ3) is 8.16. The van der Waals surface area contributed by atoms with E-state index in [4.69, 9.17) is 14.2 Å². The number of phenolic OH excluding ortho intramolecular Hbond substituents is 1. The van der Waals surface area contributed by atoms with Crippen LogP contribution in [0.5, 0.6) is 28.7 Å². The predicted octanol–water partition coefficient (Wildman–Crippen LogP) is 8.18. The fourth-order valence-electron chi connectivity index (χ4n) is 7.57. The minimum atomic E-state index is -0.988. The van der Waals surface area contributed by atoms with Crippen molar-refractivity contribution < 1.29 is 38.5 Å². The molecule has 2 fully saturated rings. The number of fused-ring (bicyclic) bond motifs is 2. The highest BCUT2D eigenvalue weighted by Crippen LogP contribution is 2.47. The van der Waals surface area contributed by atoms with Gasteiger partial charge in [-0.3, -0.25) is 34.3 Å². The number of rotatable bonds is 13. The van der Waals surface area contributed by atoms with Gasteiger partial charge in [-0.25, -0.2) is 0 Å². The number of nitrogens with zero attached hydrogens (tertiary/aromatic N) is 2. The number of carbonyl (C=O) groups excluding carboxylic acids is 4. The second-order valence-corrected chi connectivity index (χ2v) is 16.3. The number of amides is 4. The summed E-state index contributed by atoms with van der Waals surface area (Å²) in [4.78, 5) is 54.3. The Labute approximate surface area is 336 Å². The Morgan fingerprint density at radius 1 is 0.786 bits per heavy atom. The van der Waals surface area contributed by atoms with Crippen LogP contribution in [0.15, 0.2) is 89.4 Å². The normalized spacial score (nSPS) is 17.7. The molecule has 13 heteroatoms. The van der Waals surface area contributed by atoms with Crippen LogP contribution >= 0.6 is 27.3 Å². The number of aromatic hydroxyl groups is 1. The SMILES string of the molecule is O=C1CCC(N2C(=O)c3ccc(OCCCC4CCN(CCOc5ccc(Oc6c(-c7ccc(Br)cc7)sc7cc(O)ccc67)cc5)CC4)cc3C2=O)C(=O)N1. The lowest BCUT2D eigenvalue weighted by Gasteiger charge is -2.31. The Morgan fingerprint density at radius 2 is 1.50 bits per heavy atom. The molecule has 56 heavy (non-hydrogen) atoms. The first kappa shape index (κ1) is 37.7. The smallest absolute Gasteiger partial charge is 0.262 e. The Hall–Kier alpha value is -5.24. The quantitative estimate of drug-likeness (QED) is 0.0890. The van der Waals surface area contributed by atoms with Gasteiger partial charge in [-0.2, -0.15) is 0 Å². The summed E-state index contributed by atoms with van der Waals surface area (Å²) in [5, 5.41) is 13.2. The lowest BCUT2D eigenvalue weighted by atomic mass is 9.92. The number of ether oxygens (including phenoxy) is 3. The first-order valence-electron chi connectivity index (χ1n) is 18.8. The zero-order valence-corrected chi connectivity index (χ0v) is 32.9. The maximum absolute atomic E-state index is 13.1. The molecule has 4 amide bonds. The molecule has 3 aliphatic heterocycles. The highest BCUT2D eigenvalue weighted by molar-refractivity contribution is 9.10. The molecule has 0 aliphatic carbocycles. The van der Waals surface area contributed by atoms with Gasteiger partial charge in [0.05, 0.1) is 22.6 Å². The molecule has 1 unspecified atom stereocenters. The predicted molar refractivity (Wildman–Crippen MR) is 216 cm³/mol. The number of likely N-dealkylation sites (tertiary alicyclic amines) is 1. The van der Waals surface area contributed by atoms with Crippen molar-refractivity contribution in [2.75, 3.05) is 32.8 Å². The summed E-state index contributed by atoms with van der Waals surface area (Å²) in [6.45, 7) is 3.96. The molecule has 0 spiro atoms. The van der Waals surface area contributed by atoms with Gasteiger partial charge in [0, 0.05) is 27.5 Å². The number of nitrogens with one attached hydrogen (secondary N) is 1. The van der Waals surface area contributed by atoms with Gasteiger partial charge in [0.15, 0.2) is 5.75 Å². The number of halogens is 1. The fraction of sp³-hybridized carbons (Fsp3) is 0.302.